The molecule has 0 aromatic heterocycles. The van der Waals surface area contributed by atoms with E-state index in [0.717, 1.165) is 13.0 Å². The van der Waals surface area contributed by atoms with Crippen molar-refractivity contribution in [1.82, 2.24) is 4.90 Å². The Balaban J connectivity index is 2.26. The molecule has 0 aromatic carbocycles. The third kappa shape index (κ3) is 4.32. The molecule has 1 unspecified atom stereocenters. The zero-order valence-corrected chi connectivity index (χ0v) is 9.78. The summed E-state index contributed by atoms with van der Waals surface area (Å²) in [6.07, 6.45) is 13.1. The van der Waals surface area contributed by atoms with Crippen molar-refractivity contribution in [1.29, 1.82) is 0 Å². The molecule has 84 valence electrons. The fourth-order valence-corrected chi connectivity index (χ4v) is 1.77. The molecule has 0 fully saturated rings. The van der Waals surface area contributed by atoms with Crippen molar-refractivity contribution in [2.24, 2.45) is 5.92 Å². The van der Waals surface area contributed by atoms with Gasteiger partial charge >= 0.3 is 0 Å². The van der Waals surface area contributed by atoms with E-state index in [0.29, 0.717) is 12.3 Å². The lowest BCUT2D eigenvalue weighted by atomic mass is 9.94. The van der Waals surface area contributed by atoms with Crippen LogP contribution in [-0.4, -0.2) is 24.4 Å². The number of nitrogens with zero attached hydrogens (tertiary/aromatic N) is 1. The maximum Gasteiger partial charge on any atom is 0.222 e. The molecule has 0 saturated heterocycles. The Morgan fingerprint density at radius 1 is 1.53 bits per heavy atom. The predicted octanol–water partition coefficient (Wildman–Crippen LogP) is 2.77. The molecule has 0 spiro atoms. The summed E-state index contributed by atoms with van der Waals surface area (Å²) in [4.78, 5) is 13.0. The van der Waals surface area contributed by atoms with Gasteiger partial charge in [0, 0.05) is 20.0 Å². The van der Waals surface area contributed by atoms with Gasteiger partial charge < -0.3 is 4.90 Å². The summed E-state index contributed by atoms with van der Waals surface area (Å²) in [6.45, 7) is 2.64. The van der Waals surface area contributed by atoms with E-state index in [1.54, 1.807) is 4.90 Å². The number of carbonyl (C=O) groups excluding carboxylic acids is 1. The van der Waals surface area contributed by atoms with Crippen molar-refractivity contribution < 1.29 is 4.79 Å². The number of carbonyl (C=O) groups is 1. The highest BCUT2D eigenvalue weighted by molar-refractivity contribution is 5.75. The van der Waals surface area contributed by atoms with E-state index < -0.39 is 0 Å². The van der Waals surface area contributed by atoms with Gasteiger partial charge in [-0.05, 0) is 25.2 Å². The van der Waals surface area contributed by atoms with Crippen LogP contribution in [0.4, 0.5) is 0 Å². The molecule has 1 aliphatic carbocycles. The second kappa shape index (κ2) is 6.44. The van der Waals surface area contributed by atoms with E-state index in [1.165, 1.54) is 12.8 Å². The van der Waals surface area contributed by atoms with Gasteiger partial charge in [0.05, 0.1) is 0 Å². The first-order chi connectivity index (χ1) is 7.24. The zero-order valence-electron chi connectivity index (χ0n) is 9.78. The molecule has 1 rings (SSSR count). The molecule has 0 saturated carbocycles. The lowest BCUT2D eigenvalue weighted by Crippen LogP contribution is -2.25. The standard InChI is InChI=1S/C13H21NO/c1-3-13(15)14(2)11-7-10-12-8-5-4-6-9-12/h4-5,7,10,12H,3,6,8-9,11H2,1-2H3. The molecule has 0 N–H and O–H groups in total. The normalized spacial score (nSPS) is 20.8. The average Bonchev–Trinajstić information content (AvgIpc) is 2.29. The molecule has 0 bridgehead atoms. The summed E-state index contributed by atoms with van der Waals surface area (Å²) in [7, 11) is 1.86. The first-order valence-corrected chi connectivity index (χ1v) is 5.79. The van der Waals surface area contributed by atoms with Crippen molar-refractivity contribution in [3.05, 3.63) is 24.3 Å². The molecular weight excluding hydrogens is 186 g/mol. The summed E-state index contributed by atoms with van der Waals surface area (Å²) in [5.41, 5.74) is 0. The minimum absolute atomic E-state index is 0.211. The van der Waals surface area contributed by atoms with Crippen LogP contribution in [0.15, 0.2) is 24.3 Å². The maximum atomic E-state index is 11.3. The Bertz CT molecular complexity index is 255. The molecule has 15 heavy (non-hydrogen) atoms. The van der Waals surface area contributed by atoms with Gasteiger partial charge in [0.2, 0.25) is 5.91 Å². The summed E-state index contributed by atoms with van der Waals surface area (Å²) < 4.78 is 0. The first-order valence-electron chi connectivity index (χ1n) is 5.79. The van der Waals surface area contributed by atoms with Crippen LogP contribution in [-0.2, 0) is 4.79 Å². The second-order valence-electron chi connectivity index (χ2n) is 4.10. The van der Waals surface area contributed by atoms with Crippen LogP contribution in [0.1, 0.15) is 32.6 Å². The van der Waals surface area contributed by atoms with Crippen molar-refractivity contribution >= 4 is 5.91 Å². The van der Waals surface area contributed by atoms with Crippen LogP contribution in [0.25, 0.3) is 0 Å². The number of likely N-dealkylation sites (N-methyl/N-ethyl adjacent to an activating group) is 1. The fourth-order valence-electron chi connectivity index (χ4n) is 1.77. The highest BCUT2D eigenvalue weighted by Gasteiger charge is 2.06. The second-order valence-corrected chi connectivity index (χ2v) is 4.10. The third-order valence-electron chi connectivity index (χ3n) is 2.83. The molecule has 2 nitrogen and oxygen atoms in total. The quantitative estimate of drug-likeness (QED) is 0.649. The molecular formula is C13H21NO. The van der Waals surface area contributed by atoms with Gasteiger partial charge in [-0.3, -0.25) is 4.79 Å². The van der Waals surface area contributed by atoms with Crippen LogP contribution in [0.3, 0.4) is 0 Å². The van der Waals surface area contributed by atoms with E-state index in [4.69, 9.17) is 0 Å². The number of amides is 1. The van der Waals surface area contributed by atoms with Crippen molar-refractivity contribution in [2.45, 2.75) is 32.6 Å². The van der Waals surface area contributed by atoms with Crippen molar-refractivity contribution in [2.75, 3.05) is 13.6 Å². The highest BCUT2D eigenvalue weighted by Crippen LogP contribution is 2.18. The fraction of sp³-hybridized carbons (Fsp3) is 0.615. The van der Waals surface area contributed by atoms with E-state index in [9.17, 15) is 4.79 Å². The SMILES string of the molecule is CCC(=O)N(C)CC=CC1CC=CCC1. The molecule has 0 aromatic rings. The van der Waals surface area contributed by atoms with Crippen LogP contribution >= 0.6 is 0 Å². The zero-order chi connectivity index (χ0) is 11.1. The minimum atomic E-state index is 0.211. The number of hydrogen-bond acceptors (Lipinski definition) is 1. The van der Waals surface area contributed by atoms with Gasteiger partial charge in [-0.25, -0.2) is 0 Å². The Labute approximate surface area is 92.7 Å². The van der Waals surface area contributed by atoms with Crippen LogP contribution in [0.5, 0.6) is 0 Å². The Kier molecular flexibility index (Phi) is 5.16. The molecule has 0 heterocycles. The Hall–Kier alpha value is -1.05. The lowest BCUT2D eigenvalue weighted by Gasteiger charge is -2.15. The van der Waals surface area contributed by atoms with E-state index in [1.807, 2.05) is 14.0 Å². The lowest BCUT2D eigenvalue weighted by molar-refractivity contribution is -0.129. The first kappa shape index (κ1) is 12.0. The topological polar surface area (TPSA) is 20.3 Å². The summed E-state index contributed by atoms with van der Waals surface area (Å²) >= 11 is 0. The molecule has 0 radical (unpaired) electrons. The number of hydrogen-bond donors (Lipinski definition) is 0. The van der Waals surface area contributed by atoms with E-state index >= 15 is 0 Å². The Morgan fingerprint density at radius 2 is 2.33 bits per heavy atom. The monoisotopic (exact) mass is 207 g/mol. The highest BCUT2D eigenvalue weighted by atomic mass is 16.2. The number of allylic oxidation sites excluding steroid dienone is 3. The smallest absolute Gasteiger partial charge is 0.222 e. The van der Waals surface area contributed by atoms with Gasteiger partial charge in [0.1, 0.15) is 0 Å². The van der Waals surface area contributed by atoms with Crippen molar-refractivity contribution in [3.8, 4) is 0 Å². The van der Waals surface area contributed by atoms with Gasteiger partial charge in [0.15, 0.2) is 0 Å². The summed E-state index contributed by atoms with van der Waals surface area (Å²) in [5.74, 6) is 0.892. The number of rotatable bonds is 4. The van der Waals surface area contributed by atoms with Crippen LogP contribution < -0.4 is 0 Å². The summed E-state index contributed by atoms with van der Waals surface area (Å²) in [5, 5.41) is 0. The largest absolute Gasteiger partial charge is 0.342 e. The molecule has 1 atom stereocenters. The maximum absolute atomic E-state index is 11.3. The molecule has 1 aliphatic rings. The van der Waals surface area contributed by atoms with Crippen LogP contribution in [0, 0.1) is 5.92 Å². The van der Waals surface area contributed by atoms with Crippen molar-refractivity contribution in [3.63, 3.8) is 0 Å². The van der Waals surface area contributed by atoms with Crippen LogP contribution in [0.2, 0.25) is 0 Å². The third-order valence-corrected chi connectivity index (χ3v) is 2.83. The van der Waals surface area contributed by atoms with Gasteiger partial charge in [-0.15, -0.1) is 0 Å². The minimum Gasteiger partial charge on any atom is -0.342 e. The molecule has 1 amide bonds. The molecule has 0 aliphatic heterocycles. The van der Waals surface area contributed by atoms with Gasteiger partial charge in [-0.1, -0.05) is 31.2 Å². The summed E-state index contributed by atoms with van der Waals surface area (Å²) in [6, 6.07) is 0. The van der Waals surface area contributed by atoms with E-state index in [2.05, 4.69) is 24.3 Å². The van der Waals surface area contributed by atoms with Gasteiger partial charge in [-0.2, -0.15) is 0 Å². The molecule has 2 heteroatoms. The van der Waals surface area contributed by atoms with E-state index in [-0.39, 0.29) is 5.91 Å². The Morgan fingerprint density at radius 3 is 2.93 bits per heavy atom. The predicted molar refractivity (Wildman–Crippen MR) is 63.5 cm³/mol. The van der Waals surface area contributed by atoms with Gasteiger partial charge in [0.25, 0.3) is 0 Å². The average molecular weight is 207 g/mol.